The summed E-state index contributed by atoms with van der Waals surface area (Å²) in [6, 6.07) is 37.0. The number of aromatic amines is 1. The van der Waals surface area contributed by atoms with E-state index in [4.69, 9.17) is 8.83 Å². The smallest absolute Gasteiger partial charge is 0.277 e. The lowest BCUT2D eigenvalue weighted by Crippen LogP contribution is -1.91. The fourth-order valence-corrected chi connectivity index (χ4v) is 6.67. The summed E-state index contributed by atoms with van der Waals surface area (Å²) in [6.07, 6.45) is 0. The first-order chi connectivity index (χ1) is 21.5. The van der Waals surface area contributed by atoms with Crippen molar-refractivity contribution in [3.63, 3.8) is 0 Å². The summed E-state index contributed by atoms with van der Waals surface area (Å²) in [5.74, 6) is 0. The Balaban J connectivity index is 0.000000155. The Morgan fingerprint density at radius 3 is 1.87 bits per heavy atom. The molecule has 9 heteroatoms. The Hall–Kier alpha value is -4.96. The highest BCUT2D eigenvalue weighted by atomic mass is 79.9. The standard InChI is InChI=1S/C18H10BrNO3.C18H10BrNO.CH4.H3N/c19-11-8-9-13-15-6-3-5-14(18(15)23-17(13)10-11)12-4-1-2-7-16(12)20(21)22;19-10-5-6-11-12-7-8-15-17(18(12)21-16(11)9-10)13-3-1-2-4-14(13)20-15;;/h1-10H;1-9,20H;1H4;1H3. The van der Waals surface area contributed by atoms with E-state index in [1.165, 1.54) is 11.5 Å². The SMILES string of the molecule is Brc1ccc2c(c1)oc1c2ccc2[nH]c3ccccc3c21.C.N.O=[N+]([O-])c1ccccc1-c1cccc2c1oc1cc(Br)ccc12. The molecular formula is C37H27Br2N3O4. The van der Waals surface area contributed by atoms with E-state index < -0.39 is 0 Å². The molecule has 3 heterocycles. The van der Waals surface area contributed by atoms with Crippen LogP contribution in [0.5, 0.6) is 0 Å². The van der Waals surface area contributed by atoms with E-state index in [-0.39, 0.29) is 24.2 Å². The fourth-order valence-electron chi connectivity index (χ4n) is 5.99. The normalized spacial score (nSPS) is 11.1. The molecule has 0 spiro atoms. The first kappa shape index (κ1) is 31.0. The van der Waals surface area contributed by atoms with Crippen LogP contribution < -0.4 is 6.15 Å². The number of nitro benzene ring substituents is 1. The minimum absolute atomic E-state index is 0. The molecule has 3 aromatic heterocycles. The molecule has 0 aliphatic rings. The van der Waals surface area contributed by atoms with Gasteiger partial charge in [0, 0.05) is 53.0 Å². The van der Waals surface area contributed by atoms with Crippen molar-refractivity contribution in [2.24, 2.45) is 0 Å². The Morgan fingerprint density at radius 1 is 0.587 bits per heavy atom. The van der Waals surface area contributed by atoms with E-state index in [2.05, 4.69) is 79.3 Å². The quantitative estimate of drug-likeness (QED) is 0.135. The molecule has 9 rings (SSSR count). The molecule has 0 unspecified atom stereocenters. The van der Waals surface area contributed by atoms with Crippen LogP contribution in [0.15, 0.2) is 133 Å². The van der Waals surface area contributed by atoms with Crippen molar-refractivity contribution in [1.82, 2.24) is 11.1 Å². The lowest BCUT2D eigenvalue weighted by Gasteiger charge is -2.03. The topological polar surface area (TPSA) is 120 Å². The number of benzene rings is 6. The lowest BCUT2D eigenvalue weighted by atomic mass is 10.0. The molecule has 0 fully saturated rings. The van der Waals surface area contributed by atoms with Crippen LogP contribution in [0.4, 0.5) is 5.69 Å². The highest BCUT2D eigenvalue weighted by molar-refractivity contribution is 9.10. The van der Waals surface area contributed by atoms with Crippen LogP contribution in [0.3, 0.4) is 0 Å². The summed E-state index contributed by atoms with van der Waals surface area (Å²) < 4.78 is 14.1. The van der Waals surface area contributed by atoms with Gasteiger partial charge < -0.3 is 20.0 Å². The summed E-state index contributed by atoms with van der Waals surface area (Å²) in [4.78, 5) is 14.4. The van der Waals surface area contributed by atoms with E-state index in [1.54, 1.807) is 18.2 Å². The minimum atomic E-state index is -0.368. The van der Waals surface area contributed by atoms with Crippen LogP contribution in [0.1, 0.15) is 7.43 Å². The number of nitrogens with one attached hydrogen (secondary N) is 1. The van der Waals surface area contributed by atoms with Gasteiger partial charge >= 0.3 is 0 Å². The van der Waals surface area contributed by atoms with Gasteiger partial charge in [0.1, 0.15) is 22.3 Å². The van der Waals surface area contributed by atoms with Crippen molar-refractivity contribution < 1.29 is 13.8 Å². The number of rotatable bonds is 2. The van der Waals surface area contributed by atoms with Crippen LogP contribution in [0, 0.1) is 10.1 Å². The van der Waals surface area contributed by atoms with Gasteiger partial charge in [0.2, 0.25) is 0 Å². The monoisotopic (exact) mass is 735 g/mol. The molecule has 0 atom stereocenters. The lowest BCUT2D eigenvalue weighted by molar-refractivity contribution is -0.384. The zero-order valence-electron chi connectivity index (χ0n) is 23.5. The molecule has 9 aromatic rings. The molecule has 0 aliphatic heterocycles. The van der Waals surface area contributed by atoms with Crippen LogP contribution >= 0.6 is 31.9 Å². The summed E-state index contributed by atoms with van der Waals surface area (Å²) in [5.41, 5.74) is 6.89. The Bertz CT molecular complexity index is 2580. The van der Waals surface area contributed by atoms with Gasteiger partial charge in [-0.2, -0.15) is 0 Å². The number of hydrogen-bond acceptors (Lipinski definition) is 5. The van der Waals surface area contributed by atoms with Crippen LogP contribution in [-0.4, -0.2) is 9.91 Å². The Kier molecular flexibility index (Phi) is 8.16. The first-order valence-corrected chi connectivity index (χ1v) is 15.4. The molecule has 6 aromatic carbocycles. The largest absolute Gasteiger partial charge is 0.455 e. The molecule has 0 saturated heterocycles. The van der Waals surface area contributed by atoms with Gasteiger partial charge in [-0.25, -0.2) is 0 Å². The second kappa shape index (κ2) is 12.1. The molecule has 7 nitrogen and oxygen atoms in total. The van der Waals surface area contributed by atoms with Crippen molar-refractivity contribution in [2.45, 2.75) is 7.43 Å². The van der Waals surface area contributed by atoms with Gasteiger partial charge in [-0.1, -0.05) is 87.8 Å². The molecule has 228 valence electrons. The van der Waals surface area contributed by atoms with E-state index in [0.29, 0.717) is 11.1 Å². The van der Waals surface area contributed by atoms with Crippen molar-refractivity contribution in [3.05, 3.63) is 134 Å². The minimum Gasteiger partial charge on any atom is -0.455 e. The first-order valence-electron chi connectivity index (χ1n) is 13.8. The second-order valence-electron chi connectivity index (χ2n) is 10.5. The van der Waals surface area contributed by atoms with Crippen LogP contribution in [-0.2, 0) is 0 Å². The summed E-state index contributed by atoms with van der Waals surface area (Å²) in [6.45, 7) is 0. The molecule has 0 aliphatic carbocycles. The number of fused-ring (bicyclic) bond motifs is 10. The zero-order chi connectivity index (χ0) is 29.9. The predicted octanol–water partition coefficient (Wildman–Crippen LogP) is 12.7. The summed E-state index contributed by atoms with van der Waals surface area (Å²) in [5, 5.41) is 17.9. The summed E-state index contributed by atoms with van der Waals surface area (Å²) in [7, 11) is 0. The second-order valence-corrected chi connectivity index (χ2v) is 12.3. The Morgan fingerprint density at radius 2 is 1.15 bits per heavy atom. The highest BCUT2D eigenvalue weighted by Gasteiger charge is 2.19. The average molecular weight is 737 g/mol. The molecule has 0 saturated carbocycles. The molecule has 46 heavy (non-hydrogen) atoms. The number of nitrogens with zero attached hydrogens (tertiary/aromatic N) is 1. The maximum Gasteiger partial charge on any atom is 0.277 e. The number of furan rings is 2. The van der Waals surface area contributed by atoms with Gasteiger partial charge in [0.05, 0.1) is 21.4 Å². The van der Waals surface area contributed by atoms with E-state index in [1.807, 2.05) is 48.5 Å². The maximum atomic E-state index is 11.3. The van der Waals surface area contributed by atoms with Crippen molar-refractivity contribution in [2.75, 3.05) is 0 Å². The van der Waals surface area contributed by atoms with Crippen molar-refractivity contribution >= 4 is 103 Å². The molecule has 0 radical (unpaired) electrons. The van der Waals surface area contributed by atoms with Crippen LogP contribution in [0.2, 0.25) is 0 Å². The highest BCUT2D eigenvalue weighted by Crippen LogP contribution is 2.40. The third-order valence-corrected chi connectivity index (χ3v) is 8.91. The number of nitro groups is 1. The molecule has 0 amide bonds. The number of hydrogen-bond donors (Lipinski definition) is 2. The maximum absolute atomic E-state index is 11.3. The summed E-state index contributed by atoms with van der Waals surface area (Å²) >= 11 is 6.94. The number of para-hydroxylation sites is 3. The number of halogens is 2. The van der Waals surface area contributed by atoms with Crippen molar-refractivity contribution in [1.29, 1.82) is 0 Å². The van der Waals surface area contributed by atoms with Gasteiger partial charge in [0.15, 0.2) is 0 Å². The van der Waals surface area contributed by atoms with Crippen molar-refractivity contribution in [3.8, 4) is 11.1 Å². The molecule has 0 bridgehead atoms. The predicted molar refractivity (Wildman–Crippen MR) is 196 cm³/mol. The Labute approximate surface area is 279 Å². The zero-order valence-corrected chi connectivity index (χ0v) is 26.7. The van der Waals surface area contributed by atoms with Gasteiger partial charge in [-0.3, -0.25) is 10.1 Å². The van der Waals surface area contributed by atoms with Crippen LogP contribution in [0.25, 0.3) is 76.8 Å². The fraction of sp³-hybridized carbons (Fsp3) is 0.0270. The van der Waals surface area contributed by atoms with Gasteiger partial charge in [0.25, 0.3) is 5.69 Å². The average Bonchev–Trinajstić information content (AvgIpc) is 3.71. The van der Waals surface area contributed by atoms with E-state index in [0.717, 1.165) is 69.2 Å². The third-order valence-electron chi connectivity index (χ3n) is 7.92. The van der Waals surface area contributed by atoms with Gasteiger partial charge in [-0.05, 0) is 60.7 Å². The third kappa shape index (κ3) is 5.02. The number of H-pyrrole nitrogens is 1. The molecular weight excluding hydrogens is 710 g/mol. The molecule has 4 N–H and O–H groups in total. The van der Waals surface area contributed by atoms with E-state index >= 15 is 0 Å². The number of aromatic nitrogens is 1. The van der Waals surface area contributed by atoms with Gasteiger partial charge in [-0.15, -0.1) is 0 Å². The van der Waals surface area contributed by atoms with E-state index in [9.17, 15) is 10.1 Å².